The summed E-state index contributed by atoms with van der Waals surface area (Å²) in [4.78, 5) is 4.12. The molecule has 6 heteroatoms. The summed E-state index contributed by atoms with van der Waals surface area (Å²) in [5.41, 5.74) is 3.06. The van der Waals surface area contributed by atoms with Crippen LogP contribution in [0.25, 0.3) is 5.69 Å². The van der Waals surface area contributed by atoms with Crippen molar-refractivity contribution in [2.24, 2.45) is 0 Å². The van der Waals surface area contributed by atoms with E-state index < -0.39 is 6.67 Å². The smallest absolute Gasteiger partial charge is 0.213 e. The van der Waals surface area contributed by atoms with Gasteiger partial charge in [-0.1, -0.05) is 23.4 Å². The maximum absolute atomic E-state index is 12.6. The van der Waals surface area contributed by atoms with Gasteiger partial charge in [0, 0.05) is 12.3 Å². The predicted octanol–water partition coefficient (Wildman–Crippen LogP) is 3.02. The molecule has 0 saturated carbocycles. The van der Waals surface area contributed by atoms with Crippen LogP contribution in [0.5, 0.6) is 5.88 Å². The molecule has 0 amide bonds. The highest BCUT2D eigenvalue weighted by Gasteiger charge is 2.12. The maximum Gasteiger partial charge on any atom is 0.213 e. The van der Waals surface area contributed by atoms with Crippen molar-refractivity contribution >= 4 is 0 Å². The zero-order valence-electron chi connectivity index (χ0n) is 12.1. The van der Waals surface area contributed by atoms with Crippen LogP contribution in [0.4, 0.5) is 4.39 Å². The summed E-state index contributed by atoms with van der Waals surface area (Å²) in [6.07, 6.45) is 1.67. The topological polar surface area (TPSA) is 52.8 Å². The molecule has 2 heterocycles. The number of hydrogen-bond donors (Lipinski definition) is 0. The van der Waals surface area contributed by atoms with Gasteiger partial charge in [0.25, 0.3) is 0 Å². The lowest BCUT2D eigenvalue weighted by Crippen LogP contribution is -2.07. The summed E-state index contributed by atoms with van der Waals surface area (Å²) in [5, 5.41) is 8.21. The fourth-order valence-electron chi connectivity index (χ4n) is 2.05. The lowest BCUT2D eigenvalue weighted by atomic mass is 10.2. The Labute approximate surface area is 127 Å². The minimum atomic E-state index is -0.480. The zero-order chi connectivity index (χ0) is 15.4. The fraction of sp³-hybridized carbons (Fsp3) is 0.188. The van der Waals surface area contributed by atoms with Gasteiger partial charge in [-0.25, -0.2) is 14.1 Å². The largest absolute Gasteiger partial charge is 0.471 e. The first kappa shape index (κ1) is 14.2. The Hall–Kier alpha value is -2.76. The molecular formula is C16H15FN4O. The zero-order valence-corrected chi connectivity index (χ0v) is 12.1. The van der Waals surface area contributed by atoms with Crippen molar-refractivity contribution in [3.8, 4) is 11.6 Å². The summed E-state index contributed by atoms with van der Waals surface area (Å²) in [6, 6.07) is 12.6. The summed E-state index contributed by atoms with van der Waals surface area (Å²) >= 11 is 0. The van der Waals surface area contributed by atoms with Crippen molar-refractivity contribution in [3.63, 3.8) is 0 Å². The molecule has 0 saturated heterocycles. The lowest BCUT2D eigenvalue weighted by Gasteiger charge is -2.09. The molecule has 3 aromatic rings. The third-order valence-electron chi connectivity index (χ3n) is 3.29. The van der Waals surface area contributed by atoms with Crippen molar-refractivity contribution < 1.29 is 9.13 Å². The van der Waals surface area contributed by atoms with E-state index in [1.54, 1.807) is 29.1 Å². The van der Waals surface area contributed by atoms with Gasteiger partial charge in [-0.05, 0) is 30.7 Å². The molecule has 2 aromatic heterocycles. The number of benzene rings is 1. The third-order valence-corrected chi connectivity index (χ3v) is 3.29. The predicted molar refractivity (Wildman–Crippen MR) is 79.5 cm³/mol. The summed E-state index contributed by atoms with van der Waals surface area (Å²) < 4.78 is 20.0. The van der Waals surface area contributed by atoms with E-state index in [9.17, 15) is 4.39 Å². The number of pyridine rings is 1. The summed E-state index contributed by atoms with van der Waals surface area (Å²) in [6.45, 7) is 1.70. The molecule has 3 rings (SSSR count). The highest BCUT2D eigenvalue weighted by molar-refractivity contribution is 5.35. The van der Waals surface area contributed by atoms with Crippen LogP contribution in [-0.2, 0) is 13.3 Å². The van der Waals surface area contributed by atoms with Gasteiger partial charge in [0.1, 0.15) is 19.0 Å². The van der Waals surface area contributed by atoms with Crippen LogP contribution >= 0.6 is 0 Å². The average molecular weight is 298 g/mol. The molecule has 112 valence electrons. The van der Waals surface area contributed by atoms with Gasteiger partial charge in [-0.3, -0.25) is 0 Å². The van der Waals surface area contributed by atoms with E-state index in [1.807, 2.05) is 31.2 Å². The Kier molecular flexibility index (Phi) is 4.09. The van der Waals surface area contributed by atoms with Crippen LogP contribution < -0.4 is 4.74 Å². The number of aryl methyl sites for hydroxylation is 1. The maximum atomic E-state index is 12.6. The van der Waals surface area contributed by atoms with Crippen molar-refractivity contribution in [2.45, 2.75) is 20.2 Å². The van der Waals surface area contributed by atoms with Gasteiger partial charge >= 0.3 is 0 Å². The molecule has 5 nitrogen and oxygen atoms in total. The number of nitrogens with zero attached hydrogens (tertiary/aromatic N) is 4. The number of halogens is 1. The minimum Gasteiger partial charge on any atom is -0.471 e. The number of alkyl halides is 1. The standard InChI is InChI=1S/C16H15FN4O/c1-12-15(11-22-16-4-2-3-9-18-16)21(20-19-12)14-7-5-13(10-17)6-8-14/h2-9H,10-11H2,1H3. The Morgan fingerprint density at radius 1 is 1.14 bits per heavy atom. The molecule has 0 radical (unpaired) electrons. The first-order valence-corrected chi connectivity index (χ1v) is 6.88. The lowest BCUT2D eigenvalue weighted by molar-refractivity contribution is 0.285. The Balaban J connectivity index is 1.83. The average Bonchev–Trinajstić information content (AvgIpc) is 2.95. The molecule has 0 spiro atoms. The number of rotatable bonds is 5. The summed E-state index contributed by atoms with van der Waals surface area (Å²) in [7, 11) is 0. The van der Waals surface area contributed by atoms with Gasteiger partial charge < -0.3 is 4.74 Å². The summed E-state index contributed by atoms with van der Waals surface area (Å²) in [5.74, 6) is 0.544. The number of ether oxygens (including phenoxy) is 1. The van der Waals surface area contributed by atoms with Crippen LogP contribution in [0, 0.1) is 6.92 Å². The van der Waals surface area contributed by atoms with Gasteiger partial charge in [0.2, 0.25) is 5.88 Å². The molecule has 0 atom stereocenters. The first-order chi connectivity index (χ1) is 10.8. The second-order valence-corrected chi connectivity index (χ2v) is 4.79. The second-order valence-electron chi connectivity index (χ2n) is 4.79. The van der Waals surface area contributed by atoms with E-state index in [0.29, 0.717) is 18.1 Å². The van der Waals surface area contributed by atoms with E-state index in [4.69, 9.17) is 4.74 Å². The number of hydrogen-bond acceptors (Lipinski definition) is 4. The van der Waals surface area contributed by atoms with E-state index in [2.05, 4.69) is 15.3 Å². The van der Waals surface area contributed by atoms with Gasteiger partial charge in [0.05, 0.1) is 11.4 Å². The van der Waals surface area contributed by atoms with E-state index in [0.717, 1.165) is 17.1 Å². The van der Waals surface area contributed by atoms with E-state index in [-0.39, 0.29) is 0 Å². The van der Waals surface area contributed by atoms with Crippen LogP contribution in [0.1, 0.15) is 17.0 Å². The first-order valence-electron chi connectivity index (χ1n) is 6.88. The SMILES string of the molecule is Cc1nnn(-c2ccc(CF)cc2)c1COc1ccccn1. The van der Waals surface area contributed by atoms with Crippen LogP contribution in [0.3, 0.4) is 0 Å². The molecule has 22 heavy (non-hydrogen) atoms. The van der Waals surface area contributed by atoms with Gasteiger partial charge in [-0.15, -0.1) is 5.10 Å². The van der Waals surface area contributed by atoms with Crippen molar-refractivity contribution in [3.05, 3.63) is 65.6 Å². The highest BCUT2D eigenvalue weighted by Crippen LogP contribution is 2.16. The molecule has 0 aliphatic carbocycles. The monoisotopic (exact) mass is 298 g/mol. The van der Waals surface area contributed by atoms with Gasteiger partial charge in [-0.2, -0.15) is 0 Å². The van der Waals surface area contributed by atoms with Gasteiger partial charge in [0.15, 0.2) is 0 Å². The fourth-order valence-corrected chi connectivity index (χ4v) is 2.05. The molecule has 0 aliphatic rings. The minimum absolute atomic E-state index is 0.306. The molecule has 0 aliphatic heterocycles. The van der Waals surface area contributed by atoms with E-state index in [1.165, 1.54) is 0 Å². The molecule has 0 fully saturated rings. The molecule has 1 aromatic carbocycles. The molecule has 0 N–H and O–H groups in total. The van der Waals surface area contributed by atoms with Crippen LogP contribution in [0.15, 0.2) is 48.7 Å². The van der Waals surface area contributed by atoms with E-state index >= 15 is 0 Å². The Morgan fingerprint density at radius 2 is 1.95 bits per heavy atom. The second kappa shape index (κ2) is 6.34. The normalized spacial score (nSPS) is 10.6. The third kappa shape index (κ3) is 2.95. The quantitative estimate of drug-likeness (QED) is 0.726. The Morgan fingerprint density at radius 3 is 2.64 bits per heavy atom. The molecular weight excluding hydrogens is 283 g/mol. The van der Waals surface area contributed by atoms with Crippen molar-refractivity contribution in [1.29, 1.82) is 0 Å². The Bertz CT molecular complexity index is 741. The molecule has 0 bridgehead atoms. The van der Waals surface area contributed by atoms with Crippen molar-refractivity contribution in [1.82, 2.24) is 20.0 Å². The highest BCUT2D eigenvalue weighted by atomic mass is 19.1. The molecule has 0 unspecified atom stereocenters. The van der Waals surface area contributed by atoms with Crippen LogP contribution in [0.2, 0.25) is 0 Å². The number of aromatic nitrogens is 4. The van der Waals surface area contributed by atoms with Crippen molar-refractivity contribution in [2.75, 3.05) is 0 Å². The van der Waals surface area contributed by atoms with Crippen LogP contribution in [-0.4, -0.2) is 20.0 Å².